The molecule has 23 heavy (non-hydrogen) atoms. The number of carbonyl (C=O) groups excluding carboxylic acids is 1. The molecule has 0 saturated heterocycles. The molecule has 1 amide bonds. The van der Waals surface area contributed by atoms with Gasteiger partial charge in [0.25, 0.3) is 0 Å². The van der Waals surface area contributed by atoms with Crippen molar-refractivity contribution < 1.29 is 18.7 Å². The van der Waals surface area contributed by atoms with Gasteiger partial charge in [0.1, 0.15) is 23.9 Å². The highest BCUT2D eigenvalue weighted by Crippen LogP contribution is 2.16. The molecular formula is C17H19FN2O3. The van der Waals surface area contributed by atoms with E-state index < -0.39 is 0 Å². The van der Waals surface area contributed by atoms with Crippen molar-refractivity contribution in [1.82, 2.24) is 5.32 Å². The predicted molar refractivity (Wildman–Crippen MR) is 86.4 cm³/mol. The molecule has 2 aromatic rings. The van der Waals surface area contributed by atoms with E-state index in [0.717, 1.165) is 5.75 Å². The van der Waals surface area contributed by atoms with Crippen LogP contribution in [0.1, 0.15) is 0 Å². The van der Waals surface area contributed by atoms with Crippen LogP contribution in [0.3, 0.4) is 0 Å². The van der Waals surface area contributed by atoms with Crippen LogP contribution in [-0.4, -0.2) is 32.7 Å². The molecule has 2 N–H and O–H groups in total. The lowest BCUT2D eigenvalue weighted by Crippen LogP contribution is -2.32. The van der Waals surface area contributed by atoms with E-state index in [1.807, 2.05) is 0 Å². The van der Waals surface area contributed by atoms with Crippen molar-refractivity contribution >= 4 is 11.6 Å². The summed E-state index contributed by atoms with van der Waals surface area (Å²) in [5, 5.41) is 5.64. The van der Waals surface area contributed by atoms with Crippen molar-refractivity contribution in [3.63, 3.8) is 0 Å². The third kappa shape index (κ3) is 5.86. The second-order valence-corrected chi connectivity index (χ2v) is 4.73. The van der Waals surface area contributed by atoms with Gasteiger partial charge in [-0.05, 0) is 48.5 Å². The second kappa shape index (κ2) is 8.63. The van der Waals surface area contributed by atoms with Gasteiger partial charge in [0.2, 0.25) is 5.91 Å². The molecule has 0 heterocycles. The summed E-state index contributed by atoms with van der Waals surface area (Å²) < 4.78 is 23.3. The maximum Gasteiger partial charge on any atom is 0.239 e. The molecule has 0 aromatic heterocycles. The van der Waals surface area contributed by atoms with E-state index in [1.54, 1.807) is 43.5 Å². The third-order valence-corrected chi connectivity index (χ3v) is 3.05. The van der Waals surface area contributed by atoms with Crippen LogP contribution < -0.4 is 20.1 Å². The SMILES string of the molecule is COc1ccc(OCCNC(=O)CNc2ccc(F)cc2)cc1. The maximum atomic E-state index is 12.7. The molecule has 0 saturated carbocycles. The lowest BCUT2D eigenvalue weighted by molar-refractivity contribution is -0.119. The number of carbonyl (C=O) groups is 1. The largest absolute Gasteiger partial charge is 0.497 e. The van der Waals surface area contributed by atoms with Gasteiger partial charge in [-0.25, -0.2) is 4.39 Å². The van der Waals surface area contributed by atoms with Gasteiger partial charge in [-0.2, -0.15) is 0 Å². The quantitative estimate of drug-likeness (QED) is 0.734. The first-order valence-corrected chi connectivity index (χ1v) is 7.20. The highest BCUT2D eigenvalue weighted by Gasteiger charge is 2.01. The molecule has 0 spiro atoms. The molecule has 122 valence electrons. The number of anilines is 1. The van der Waals surface area contributed by atoms with Crippen LogP contribution in [0.2, 0.25) is 0 Å². The van der Waals surface area contributed by atoms with Crippen molar-refractivity contribution in [2.75, 3.05) is 32.1 Å². The average molecular weight is 318 g/mol. The van der Waals surface area contributed by atoms with Gasteiger partial charge < -0.3 is 20.1 Å². The Labute approximate surface area is 134 Å². The van der Waals surface area contributed by atoms with Gasteiger partial charge in [0.05, 0.1) is 20.2 Å². The van der Waals surface area contributed by atoms with Gasteiger partial charge in [0.15, 0.2) is 0 Å². The number of nitrogens with one attached hydrogen (secondary N) is 2. The van der Waals surface area contributed by atoms with E-state index in [1.165, 1.54) is 12.1 Å². The summed E-state index contributed by atoms with van der Waals surface area (Å²) in [6.45, 7) is 0.888. The summed E-state index contributed by atoms with van der Waals surface area (Å²) in [6, 6.07) is 13.0. The summed E-state index contributed by atoms with van der Waals surface area (Å²) in [5.41, 5.74) is 0.691. The van der Waals surface area contributed by atoms with Gasteiger partial charge in [0, 0.05) is 5.69 Å². The predicted octanol–water partition coefficient (Wildman–Crippen LogP) is 2.44. The van der Waals surface area contributed by atoms with E-state index in [0.29, 0.717) is 24.6 Å². The molecule has 6 heteroatoms. The van der Waals surface area contributed by atoms with Crippen LogP contribution in [0.25, 0.3) is 0 Å². The highest BCUT2D eigenvalue weighted by atomic mass is 19.1. The lowest BCUT2D eigenvalue weighted by Gasteiger charge is -2.09. The van der Waals surface area contributed by atoms with E-state index >= 15 is 0 Å². The Bertz CT molecular complexity index is 615. The molecular weight excluding hydrogens is 299 g/mol. The number of hydrogen-bond acceptors (Lipinski definition) is 4. The molecule has 2 aromatic carbocycles. The van der Waals surface area contributed by atoms with E-state index in [-0.39, 0.29) is 18.3 Å². The van der Waals surface area contributed by atoms with E-state index in [4.69, 9.17) is 9.47 Å². The number of ether oxygens (including phenoxy) is 2. The first-order chi connectivity index (χ1) is 11.2. The van der Waals surface area contributed by atoms with Crippen LogP contribution in [0.4, 0.5) is 10.1 Å². The maximum absolute atomic E-state index is 12.7. The Kier molecular flexibility index (Phi) is 6.23. The van der Waals surface area contributed by atoms with E-state index in [9.17, 15) is 9.18 Å². The van der Waals surface area contributed by atoms with Crippen molar-refractivity contribution in [1.29, 1.82) is 0 Å². The minimum atomic E-state index is -0.310. The van der Waals surface area contributed by atoms with Crippen LogP contribution in [0, 0.1) is 5.82 Å². The molecule has 5 nitrogen and oxygen atoms in total. The van der Waals surface area contributed by atoms with Crippen LogP contribution in [-0.2, 0) is 4.79 Å². The van der Waals surface area contributed by atoms with Crippen molar-refractivity contribution in [3.05, 3.63) is 54.3 Å². The minimum absolute atomic E-state index is 0.119. The molecule has 2 rings (SSSR count). The number of methoxy groups -OCH3 is 1. The van der Waals surface area contributed by atoms with Crippen molar-refractivity contribution in [3.8, 4) is 11.5 Å². The number of halogens is 1. The molecule has 0 aliphatic carbocycles. The average Bonchev–Trinajstić information content (AvgIpc) is 2.59. The fourth-order valence-electron chi connectivity index (χ4n) is 1.84. The molecule has 0 unspecified atom stereocenters. The first-order valence-electron chi connectivity index (χ1n) is 7.20. The molecule has 0 atom stereocenters. The topological polar surface area (TPSA) is 59.6 Å². The fraction of sp³-hybridized carbons (Fsp3) is 0.235. The highest BCUT2D eigenvalue weighted by molar-refractivity contribution is 5.80. The zero-order valence-electron chi connectivity index (χ0n) is 12.8. The summed E-state index contributed by atoms with van der Waals surface area (Å²) in [4.78, 5) is 11.7. The number of rotatable bonds is 8. The smallest absolute Gasteiger partial charge is 0.239 e. The summed E-state index contributed by atoms with van der Waals surface area (Å²) in [7, 11) is 1.60. The Balaban J connectivity index is 1.61. The number of benzene rings is 2. The van der Waals surface area contributed by atoms with Gasteiger partial charge in [-0.1, -0.05) is 0 Å². The Morgan fingerprint density at radius 2 is 1.70 bits per heavy atom. The summed E-state index contributed by atoms with van der Waals surface area (Å²) in [6.07, 6.45) is 0. The Morgan fingerprint density at radius 1 is 1.04 bits per heavy atom. The summed E-state index contributed by atoms with van der Waals surface area (Å²) in [5.74, 6) is 1.00. The Morgan fingerprint density at radius 3 is 2.35 bits per heavy atom. The second-order valence-electron chi connectivity index (χ2n) is 4.73. The van der Waals surface area contributed by atoms with Gasteiger partial charge >= 0.3 is 0 Å². The standard InChI is InChI=1S/C17H19FN2O3/c1-22-15-6-8-16(9-7-15)23-11-10-19-17(21)12-20-14-4-2-13(18)3-5-14/h2-9,20H,10-12H2,1H3,(H,19,21). The molecule has 0 fully saturated rings. The van der Waals surface area contributed by atoms with Crippen LogP contribution in [0.5, 0.6) is 11.5 Å². The van der Waals surface area contributed by atoms with Crippen LogP contribution >= 0.6 is 0 Å². The molecule has 0 aliphatic rings. The number of hydrogen-bond donors (Lipinski definition) is 2. The zero-order chi connectivity index (χ0) is 16.5. The third-order valence-electron chi connectivity index (χ3n) is 3.05. The van der Waals surface area contributed by atoms with E-state index in [2.05, 4.69) is 10.6 Å². The molecule has 0 bridgehead atoms. The monoisotopic (exact) mass is 318 g/mol. The normalized spacial score (nSPS) is 10.0. The van der Waals surface area contributed by atoms with Crippen LogP contribution in [0.15, 0.2) is 48.5 Å². The Hall–Kier alpha value is -2.76. The minimum Gasteiger partial charge on any atom is -0.497 e. The van der Waals surface area contributed by atoms with Gasteiger partial charge in [-0.3, -0.25) is 4.79 Å². The molecule has 0 radical (unpaired) electrons. The fourth-order valence-corrected chi connectivity index (χ4v) is 1.84. The van der Waals surface area contributed by atoms with Crippen molar-refractivity contribution in [2.45, 2.75) is 0 Å². The van der Waals surface area contributed by atoms with Crippen molar-refractivity contribution in [2.24, 2.45) is 0 Å². The first kappa shape index (κ1) is 16.6. The number of amides is 1. The zero-order valence-corrected chi connectivity index (χ0v) is 12.8. The lowest BCUT2D eigenvalue weighted by atomic mass is 10.3. The van der Waals surface area contributed by atoms with Gasteiger partial charge in [-0.15, -0.1) is 0 Å². The molecule has 0 aliphatic heterocycles. The summed E-state index contributed by atoms with van der Waals surface area (Å²) >= 11 is 0.